The zero-order valence-corrected chi connectivity index (χ0v) is 16.0. The number of fused-ring (bicyclic) bond motifs is 3. The summed E-state index contributed by atoms with van der Waals surface area (Å²) in [5.74, 6) is 1.04. The number of hydrazone groups is 1. The summed E-state index contributed by atoms with van der Waals surface area (Å²) >= 11 is 6.26. The van der Waals surface area contributed by atoms with E-state index in [9.17, 15) is 5.11 Å². The van der Waals surface area contributed by atoms with Crippen LogP contribution in [0.15, 0.2) is 66.0 Å². The Kier molecular flexibility index (Phi) is 3.98. The van der Waals surface area contributed by atoms with E-state index >= 15 is 0 Å². The molecule has 3 heterocycles. The highest BCUT2D eigenvalue weighted by molar-refractivity contribution is 6.30. The van der Waals surface area contributed by atoms with Gasteiger partial charge in [0.1, 0.15) is 11.5 Å². The Bertz CT molecular complexity index is 1080. The van der Waals surface area contributed by atoms with Crippen molar-refractivity contribution < 1.29 is 9.84 Å². The average molecular weight is 392 g/mol. The fraction of sp³-hybridized carbons (Fsp3) is 0.182. The summed E-state index contributed by atoms with van der Waals surface area (Å²) in [7, 11) is 0. The summed E-state index contributed by atoms with van der Waals surface area (Å²) in [6.45, 7) is 2.00. The van der Waals surface area contributed by atoms with E-state index in [4.69, 9.17) is 21.4 Å². The van der Waals surface area contributed by atoms with Crippen molar-refractivity contribution in [1.82, 2.24) is 9.99 Å². The van der Waals surface area contributed by atoms with Crippen molar-refractivity contribution in [2.75, 3.05) is 0 Å². The highest BCUT2D eigenvalue weighted by atomic mass is 35.5. The van der Waals surface area contributed by atoms with Gasteiger partial charge < -0.3 is 9.84 Å². The van der Waals surface area contributed by atoms with E-state index in [2.05, 4.69) is 4.98 Å². The van der Waals surface area contributed by atoms with E-state index < -0.39 is 0 Å². The van der Waals surface area contributed by atoms with E-state index in [-0.39, 0.29) is 18.0 Å². The quantitative estimate of drug-likeness (QED) is 0.668. The number of hydrogen-bond donors (Lipinski definition) is 1. The maximum atomic E-state index is 10.4. The number of phenolic OH excluding ortho intramolecular Hbond substituents is 1. The predicted octanol–water partition coefficient (Wildman–Crippen LogP) is 4.99. The summed E-state index contributed by atoms with van der Waals surface area (Å²) in [6, 6.07) is 15.1. The number of rotatable bonds is 2. The molecule has 0 bridgehead atoms. The maximum absolute atomic E-state index is 10.4. The molecule has 5 nitrogen and oxygen atoms in total. The third kappa shape index (κ3) is 2.79. The molecule has 0 saturated carbocycles. The van der Waals surface area contributed by atoms with Gasteiger partial charge in [0.25, 0.3) is 0 Å². The zero-order chi connectivity index (χ0) is 19.3. The second-order valence-corrected chi connectivity index (χ2v) is 7.54. The van der Waals surface area contributed by atoms with Crippen LogP contribution in [-0.4, -0.2) is 20.8 Å². The predicted molar refractivity (Wildman–Crippen MR) is 108 cm³/mol. The molecule has 2 aromatic carbocycles. The van der Waals surface area contributed by atoms with Crippen molar-refractivity contribution in [3.63, 3.8) is 0 Å². The van der Waals surface area contributed by atoms with Crippen LogP contribution in [0.4, 0.5) is 0 Å². The van der Waals surface area contributed by atoms with Crippen LogP contribution in [0.25, 0.3) is 0 Å². The van der Waals surface area contributed by atoms with Crippen LogP contribution >= 0.6 is 11.6 Å². The summed E-state index contributed by atoms with van der Waals surface area (Å²) < 4.78 is 6.29. The number of nitrogens with zero attached hydrogens (tertiary/aromatic N) is 3. The first-order valence-corrected chi connectivity index (χ1v) is 9.50. The first-order valence-electron chi connectivity index (χ1n) is 9.12. The number of phenols is 1. The maximum Gasteiger partial charge on any atom is 0.213 e. The monoisotopic (exact) mass is 391 g/mol. The van der Waals surface area contributed by atoms with Crippen LogP contribution in [-0.2, 0) is 0 Å². The van der Waals surface area contributed by atoms with Crippen molar-refractivity contribution in [3.8, 4) is 11.5 Å². The molecule has 6 heteroatoms. The first-order chi connectivity index (χ1) is 13.6. The topological polar surface area (TPSA) is 58.0 Å². The molecule has 2 aliphatic heterocycles. The van der Waals surface area contributed by atoms with Crippen molar-refractivity contribution >= 4 is 17.3 Å². The lowest BCUT2D eigenvalue weighted by atomic mass is 9.95. The van der Waals surface area contributed by atoms with Crippen LogP contribution in [0.1, 0.15) is 40.9 Å². The van der Waals surface area contributed by atoms with Gasteiger partial charge in [-0.25, -0.2) is 5.01 Å². The molecule has 0 unspecified atom stereocenters. The van der Waals surface area contributed by atoms with Crippen molar-refractivity contribution in [2.45, 2.75) is 25.6 Å². The number of aromatic nitrogens is 1. The normalized spacial score (nSPS) is 20.2. The van der Waals surface area contributed by atoms with Crippen molar-refractivity contribution in [1.29, 1.82) is 0 Å². The molecule has 28 heavy (non-hydrogen) atoms. The Morgan fingerprint density at radius 3 is 2.75 bits per heavy atom. The van der Waals surface area contributed by atoms with Gasteiger partial charge >= 0.3 is 0 Å². The molecular formula is C22H18ClN3O2. The molecule has 0 fully saturated rings. The molecular weight excluding hydrogens is 374 g/mol. The molecule has 1 N–H and O–H groups in total. The van der Waals surface area contributed by atoms with Gasteiger partial charge in [-0.2, -0.15) is 5.10 Å². The number of aryl methyl sites for hydroxylation is 1. The van der Waals surface area contributed by atoms with Gasteiger partial charge in [-0.1, -0.05) is 23.2 Å². The zero-order valence-electron chi connectivity index (χ0n) is 15.2. The molecule has 0 saturated heterocycles. The molecule has 2 atom stereocenters. The Hall–Kier alpha value is -3.05. The van der Waals surface area contributed by atoms with E-state index in [1.165, 1.54) is 0 Å². The van der Waals surface area contributed by atoms with Gasteiger partial charge in [-0.3, -0.25) is 4.98 Å². The average Bonchev–Trinajstić information content (AvgIpc) is 3.15. The Balaban J connectivity index is 1.63. The van der Waals surface area contributed by atoms with Crippen molar-refractivity contribution in [3.05, 3.63) is 88.2 Å². The molecule has 140 valence electrons. The highest BCUT2D eigenvalue weighted by Crippen LogP contribution is 2.48. The minimum atomic E-state index is -0.369. The van der Waals surface area contributed by atoms with Crippen LogP contribution in [0.2, 0.25) is 5.02 Å². The van der Waals surface area contributed by atoms with Gasteiger partial charge in [0.15, 0.2) is 0 Å². The molecule has 0 spiro atoms. The standard InChI is InChI=1S/C22H18ClN3O2/c1-13-2-4-20(27)16(10-13)18-12-19-17-11-15(23)3-5-21(17)28-22(26(19)25-18)14-6-8-24-9-7-14/h2-11,19,22,27H,12H2,1H3/t19-,22+/m0/s1. The fourth-order valence-electron chi connectivity index (χ4n) is 3.85. The lowest BCUT2D eigenvalue weighted by Gasteiger charge is -2.38. The Labute approximate surface area is 167 Å². The summed E-state index contributed by atoms with van der Waals surface area (Å²) in [4.78, 5) is 4.11. The van der Waals surface area contributed by atoms with Gasteiger partial charge in [-0.05, 0) is 49.4 Å². The number of aromatic hydroxyl groups is 1. The second-order valence-electron chi connectivity index (χ2n) is 7.10. The lowest BCUT2D eigenvalue weighted by molar-refractivity contribution is -0.0190. The van der Waals surface area contributed by atoms with Crippen LogP contribution in [0, 0.1) is 6.92 Å². The van der Waals surface area contributed by atoms with E-state index in [0.29, 0.717) is 11.4 Å². The largest absolute Gasteiger partial charge is 0.507 e. The van der Waals surface area contributed by atoms with Crippen LogP contribution in [0.5, 0.6) is 11.5 Å². The number of benzene rings is 2. The molecule has 1 aromatic heterocycles. The molecule has 0 amide bonds. The molecule has 2 aliphatic rings. The molecule has 5 rings (SSSR count). The Morgan fingerprint density at radius 2 is 1.93 bits per heavy atom. The molecule has 0 radical (unpaired) electrons. The summed E-state index contributed by atoms with van der Waals surface area (Å²) in [6.07, 6.45) is 3.79. The minimum absolute atomic E-state index is 0.0180. The van der Waals surface area contributed by atoms with Crippen LogP contribution < -0.4 is 4.74 Å². The second kappa shape index (κ2) is 6.53. The first kappa shape index (κ1) is 17.1. The molecule has 0 aliphatic carbocycles. The third-order valence-electron chi connectivity index (χ3n) is 5.21. The number of pyridine rings is 1. The Morgan fingerprint density at radius 1 is 1.11 bits per heavy atom. The fourth-order valence-corrected chi connectivity index (χ4v) is 4.03. The summed E-state index contributed by atoms with van der Waals surface area (Å²) in [5.41, 5.74) is 4.64. The SMILES string of the molecule is Cc1ccc(O)c(C2=NN3[C@@H](c4ccncc4)Oc4ccc(Cl)cc4[C@@H]3C2)c1. The van der Waals surface area contributed by atoms with Crippen molar-refractivity contribution in [2.24, 2.45) is 5.10 Å². The summed E-state index contributed by atoms with van der Waals surface area (Å²) in [5, 5.41) is 17.9. The smallest absolute Gasteiger partial charge is 0.213 e. The van der Waals surface area contributed by atoms with E-state index in [1.807, 2.05) is 54.4 Å². The van der Waals surface area contributed by atoms with E-state index in [0.717, 1.165) is 33.7 Å². The third-order valence-corrected chi connectivity index (χ3v) is 5.44. The van der Waals surface area contributed by atoms with Crippen LogP contribution in [0.3, 0.4) is 0 Å². The van der Waals surface area contributed by atoms with Gasteiger partial charge in [0, 0.05) is 40.5 Å². The van der Waals surface area contributed by atoms with Gasteiger partial charge in [0.05, 0.1) is 11.8 Å². The minimum Gasteiger partial charge on any atom is -0.507 e. The highest BCUT2D eigenvalue weighted by Gasteiger charge is 2.41. The van der Waals surface area contributed by atoms with Gasteiger partial charge in [-0.15, -0.1) is 0 Å². The number of ether oxygens (including phenoxy) is 1. The van der Waals surface area contributed by atoms with Gasteiger partial charge in [0.2, 0.25) is 6.23 Å². The van der Waals surface area contributed by atoms with E-state index in [1.54, 1.807) is 18.5 Å². The lowest BCUT2D eigenvalue weighted by Crippen LogP contribution is -2.33. The number of hydrogen-bond acceptors (Lipinski definition) is 5. The number of halogens is 1. The molecule has 3 aromatic rings.